The monoisotopic (exact) mass is 316 g/mol. The molecule has 2 fully saturated rings. The number of ether oxygens (including phenoxy) is 2. The number of aromatic nitrogens is 1. The average Bonchev–Trinajstić information content (AvgIpc) is 3.18. The van der Waals surface area contributed by atoms with Crippen LogP contribution in [0.25, 0.3) is 0 Å². The van der Waals surface area contributed by atoms with Crippen LogP contribution in [0.3, 0.4) is 0 Å². The van der Waals surface area contributed by atoms with Crippen molar-refractivity contribution in [2.24, 2.45) is 0 Å². The minimum absolute atomic E-state index is 0.0909. The highest BCUT2D eigenvalue weighted by atomic mass is 32.1. The molecule has 3 atom stereocenters. The molecule has 0 saturated carbocycles. The molecule has 0 N–H and O–H groups in total. The number of thiophene rings is 1. The smallest absolute Gasteiger partial charge is 0.139 e. The maximum Gasteiger partial charge on any atom is 0.139 e. The standard InChI is InChI=1S/C17H20N2O2S/c1-3-14(9-18-6-1)21-16-11-19(10-13-5-8-22-12-13)15-4-2-7-20-17(15)16/h1,3,5-6,8-9,12,15-17H,2,4,7,10-11H2/t15-,16+,17+/m0/s1. The van der Waals surface area contributed by atoms with Crippen molar-refractivity contribution in [3.05, 3.63) is 46.9 Å². The lowest BCUT2D eigenvalue weighted by Crippen LogP contribution is -2.42. The van der Waals surface area contributed by atoms with E-state index in [1.54, 1.807) is 23.7 Å². The third-order valence-electron chi connectivity index (χ3n) is 4.47. The Labute approximate surface area is 134 Å². The van der Waals surface area contributed by atoms with Crippen LogP contribution in [-0.4, -0.2) is 41.3 Å². The van der Waals surface area contributed by atoms with Gasteiger partial charge in [-0.2, -0.15) is 11.3 Å². The molecular weight excluding hydrogens is 296 g/mol. The molecule has 2 aliphatic heterocycles. The van der Waals surface area contributed by atoms with Crippen molar-refractivity contribution >= 4 is 11.3 Å². The van der Waals surface area contributed by atoms with Gasteiger partial charge in [0.15, 0.2) is 0 Å². The van der Waals surface area contributed by atoms with Gasteiger partial charge in [0.25, 0.3) is 0 Å². The zero-order valence-electron chi connectivity index (χ0n) is 12.4. The van der Waals surface area contributed by atoms with Crippen LogP contribution in [0.15, 0.2) is 41.4 Å². The number of rotatable bonds is 4. The Hall–Kier alpha value is -1.43. The third-order valence-corrected chi connectivity index (χ3v) is 5.20. The van der Waals surface area contributed by atoms with Crippen molar-refractivity contribution in [1.29, 1.82) is 0 Å². The summed E-state index contributed by atoms with van der Waals surface area (Å²) in [5, 5.41) is 4.37. The Kier molecular flexibility index (Phi) is 4.10. The molecule has 4 nitrogen and oxygen atoms in total. The van der Waals surface area contributed by atoms with Crippen LogP contribution in [0.5, 0.6) is 5.75 Å². The predicted molar refractivity (Wildman–Crippen MR) is 86.1 cm³/mol. The molecule has 4 heterocycles. The van der Waals surface area contributed by atoms with Gasteiger partial charge in [-0.1, -0.05) is 0 Å². The van der Waals surface area contributed by atoms with Gasteiger partial charge in [0.2, 0.25) is 0 Å². The summed E-state index contributed by atoms with van der Waals surface area (Å²) in [5.41, 5.74) is 1.39. The highest BCUT2D eigenvalue weighted by Crippen LogP contribution is 2.32. The normalized spacial score (nSPS) is 28.5. The van der Waals surface area contributed by atoms with E-state index in [4.69, 9.17) is 9.47 Å². The first kappa shape index (κ1) is 14.2. The van der Waals surface area contributed by atoms with Crippen LogP contribution >= 0.6 is 11.3 Å². The van der Waals surface area contributed by atoms with Gasteiger partial charge >= 0.3 is 0 Å². The first-order valence-electron chi connectivity index (χ1n) is 7.83. The molecule has 2 aliphatic rings. The van der Waals surface area contributed by atoms with Crippen molar-refractivity contribution in [3.63, 3.8) is 0 Å². The second-order valence-corrected chi connectivity index (χ2v) is 6.73. The second-order valence-electron chi connectivity index (χ2n) is 5.95. The van der Waals surface area contributed by atoms with Gasteiger partial charge in [0.1, 0.15) is 18.0 Å². The second kappa shape index (κ2) is 6.36. The summed E-state index contributed by atoms with van der Waals surface area (Å²) in [4.78, 5) is 6.65. The Morgan fingerprint density at radius 3 is 3.23 bits per heavy atom. The topological polar surface area (TPSA) is 34.6 Å². The Morgan fingerprint density at radius 2 is 2.41 bits per heavy atom. The number of nitrogens with zero attached hydrogens (tertiary/aromatic N) is 2. The summed E-state index contributed by atoms with van der Waals surface area (Å²) in [5.74, 6) is 0.831. The van der Waals surface area contributed by atoms with Gasteiger partial charge < -0.3 is 9.47 Å². The molecule has 4 rings (SSSR count). The molecule has 0 amide bonds. The van der Waals surface area contributed by atoms with E-state index in [1.165, 1.54) is 12.0 Å². The minimum Gasteiger partial charge on any atom is -0.485 e. The Bertz CT molecular complexity index is 590. The quantitative estimate of drug-likeness (QED) is 0.868. The molecular formula is C17H20N2O2S. The molecule has 0 unspecified atom stereocenters. The maximum atomic E-state index is 6.17. The summed E-state index contributed by atoms with van der Waals surface area (Å²) in [6.07, 6.45) is 6.15. The lowest BCUT2D eigenvalue weighted by molar-refractivity contribution is -0.0472. The molecule has 2 saturated heterocycles. The average molecular weight is 316 g/mol. The largest absolute Gasteiger partial charge is 0.485 e. The molecule has 0 spiro atoms. The fourth-order valence-corrected chi connectivity index (χ4v) is 4.16. The van der Waals surface area contributed by atoms with E-state index in [1.807, 2.05) is 12.1 Å². The van der Waals surface area contributed by atoms with Gasteiger partial charge in [-0.15, -0.1) is 0 Å². The predicted octanol–water partition coefficient (Wildman–Crippen LogP) is 2.95. The van der Waals surface area contributed by atoms with Gasteiger partial charge in [-0.25, -0.2) is 0 Å². The van der Waals surface area contributed by atoms with Crippen LogP contribution in [0.4, 0.5) is 0 Å². The SMILES string of the molecule is c1cncc(O[C@@H]2CN(Cc3ccsc3)[C@H]3CCCO[C@@H]23)c1. The number of likely N-dealkylation sites (tertiary alicyclic amines) is 1. The van der Waals surface area contributed by atoms with Gasteiger partial charge in [0, 0.05) is 31.9 Å². The van der Waals surface area contributed by atoms with E-state index >= 15 is 0 Å². The van der Waals surface area contributed by atoms with Crippen molar-refractivity contribution < 1.29 is 9.47 Å². The van der Waals surface area contributed by atoms with Gasteiger partial charge in [0.05, 0.1) is 6.20 Å². The van der Waals surface area contributed by atoms with Crippen molar-refractivity contribution in [1.82, 2.24) is 9.88 Å². The first-order chi connectivity index (χ1) is 10.9. The highest BCUT2D eigenvalue weighted by molar-refractivity contribution is 7.07. The minimum atomic E-state index is 0.0909. The van der Waals surface area contributed by atoms with Crippen molar-refractivity contribution in [2.75, 3.05) is 13.2 Å². The Balaban J connectivity index is 1.50. The summed E-state index contributed by atoms with van der Waals surface area (Å²) in [7, 11) is 0. The van der Waals surface area contributed by atoms with Crippen LogP contribution in [0.1, 0.15) is 18.4 Å². The molecule has 0 bridgehead atoms. The molecule has 5 heteroatoms. The molecule has 2 aromatic rings. The van der Waals surface area contributed by atoms with Crippen LogP contribution in [0, 0.1) is 0 Å². The van der Waals surface area contributed by atoms with Crippen molar-refractivity contribution in [3.8, 4) is 5.75 Å². The summed E-state index contributed by atoms with van der Waals surface area (Å²) in [6, 6.07) is 6.55. The van der Waals surface area contributed by atoms with E-state index in [0.717, 1.165) is 31.9 Å². The van der Waals surface area contributed by atoms with Gasteiger partial charge in [-0.3, -0.25) is 9.88 Å². The number of hydrogen-bond donors (Lipinski definition) is 0. The lowest BCUT2D eigenvalue weighted by atomic mass is 10.0. The van der Waals surface area contributed by atoms with Crippen molar-refractivity contribution in [2.45, 2.75) is 37.6 Å². The fraction of sp³-hybridized carbons (Fsp3) is 0.471. The van der Waals surface area contributed by atoms with Gasteiger partial charge in [-0.05, 0) is 47.4 Å². The summed E-state index contributed by atoms with van der Waals surface area (Å²) >= 11 is 1.76. The van der Waals surface area contributed by atoms with Crippen LogP contribution in [-0.2, 0) is 11.3 Å². The molecule has 2 aromatic heterocycles. The maximum absolute atomic E-state index is 6.17. The number of hydrogen-bond acceptors (Lipinski definition) is 5. The molecule has 0 radical (unpaired) electrons. The fourth-order valence-electron chi connectivity index (χ4n) is 3.50. The molecule has 22 heavy (non-hydrogen) atoms. The van der Waals surface area contributed by atoms with Crippen LogP contribution < -0.4 is 4.74 Å². The molecule has 116 valence electrons. The summed E-state index contributed by atoms with van der Waals surface area (Å²) < 4.78 is 12.2. The summed E-state index contributed by atoms with van der Waals surface area (Å²) in [6.45, 7) is 2.75. The van der Waals surface area contributed by atoms with E-state index in [0.29, 0.717) is 6.04 Å². The molecule has 0 aromatic carbocycles. The highest BCUT2D eigenvalue weighted by Gasteiger charge is 2.45. The van der Waals surface area contributed by atoms with E-state index < -0.39 is 0 Å². The lowest BCUT2D eigenvalue weighted by Gasteiger charge is -2.32. The number of fused-ring (bicyclic) bond motifs is 1. The van der Waals surface area contributed by atoms with E-state index in [-0.39, 0.29) is 12.2 Å². The number of pyridine rings is 1. The zero-order valence-corrected chi connectivity index (χ0v) is 13.2. The third kappa shape index (κ3) is 2.89. The van der Waals surface area contributed by atoms with E-state index in [2.05, 4.69) is 26.7 Å². The zero-order chi connectivity index (χ0) is 14.8. The molecule has 0 aliphatic carbocycles. The Morgan fingerprint density at radius 1 is 1.41 bits per heavy atom. The first-order valence-corrected chi connectivity index (χ1v) is 8.78. The van der Waals surface area contributed by atoms with E-state index in [9.17, 15) is 0 Å². The van der Waals surface area contributed by atoms with Crippen LogP contribution in [0.2, 0.25) is 0 Å².